The molecule has 0 saturated heterocycles. The van der Waals surface area contributed by atoms with Gasteiger partial charge in [-0.25, -0.2) is 4.98 Å². The van der Waals surface area contributed by atoms with Gasteiger partial charge in [-0.3, -0.25) is 0 Å². The van der Waals surface area contributed by atoms with Crippen LogP contribution in [0.4, 0.5) is 5.82 Å². The highest BCUT2D eigenvalue weighted by molar-refractivity contribution is 5.81. The predicted octanol–water partition coefficient (Wildman–Crippen LogP) is 3.74. The molecule has 1 heterocycles. The summed E-state index contributed by atoms with van der Waals surface area (Å²) in [5.41, 5.74) is 1.92. The summed E-state index contributed by atoms with van der Waals surface area (Å²) in [6.07, 6.45) is 6.75. The Balaban J connectivity index is 1.86. The molecule has 0 atom stereocenters. The van der Waals surface area contributed by atoms with E-state index in [-0.39, 0.29) is 6.61 Å². The van der Waals surface area contributed by atoms with E-state index in [1.807, 2.05) is 24.3 Å². The van der Waals surface area contributed by atoms with Crippen LogP contribution in [0.3, 0.4) is 0 Å². The van der Waals surface area contributed by atoms with E-state index in [1.165, 1.54) is 32.1 Å². The second-order valence-electron chi connectivity index (χ2n) is 6.21. The van der Waals surface area contributed by atoms with Gasteiger partial charge in [0.2, 0.25) is 0 Å². The Morgan fingerprint density at radius 2 is 1.95 bits per heavy atom. The number of fused-ring (bicyclic) bond motifs is 1. The number of aliphatic hydroxyl groups excluding tert-OH is 1. The van der Waals surface area contributed by atoms with Gasteiger partial charge in [-0.15, -0.1) is 0 Å². The third-order valence-electron chi connectivity index (χ3n) is 4.57. The number of nitrogens with zero attached hydrogens (tertiary/aromatic N) is 2. The number of anilines is 1. The van der Waals surface area contributed by atoms with Crippen LogP contribution in [-0.4, -0.2) is 23.7 Å². The number of benzene rings is 1. The normalized spacial score (nSPS) is 16.3. The summed E-state index contributed by atoms with van der Waals surface area (Å²) < 4.78 is 0. The molecule has 0 spiro atoms. The first-order valence-electron chi connectivity index (χ1n) is 7.98. The number of pyridine rings is 1. The first-order chi connectivity index (χ1) is 10.3. The molecule has 1 aliphatic carbocycles. The maximum absolute atomic E-state index is 9.67. The maximum atomic E-state index is 9.67. The fraction of sp³-hybridized carbons (Fsp3) is 0.500. The Bertz CT molecular complexity index is 605. The van der Waals surface area contributed by atoms with Crippen LogP contribution in [0.15, 0.2) is 30.3 Å². The minimum atomic E-state index is 0.0438. The Labute approximate surface area is 126 Å². The van der Waals surface area contributed by atoms with Crippen LogP contribution in [0.2, 0.25) is 0 Å². The van der Waals surface area contributed by atoms with Crippen LogP contribution >= 0.6 is 0 Å². The number of rotatable bonds is 4. The Morgan fingerprint density at radius 3 is 2.71 bits per heavy atom. The molecule has 0 aliphatic heterocycles. The Kier molecular flexibility index (Phi) is 4.39. The zero-order chi connectivity index (χ0) is 14.7. The molecular formula is C18H24N2O. The fourth-order valence-corrected chi connectivity index (χ4v) is 3.44. The summed E-state index contributed by atoms with van der Waals surface area (Å²) in [7, 11) is 2.10. The van der Waals surface area contributed by atoms with Crippen molar-refractivity contribution in [2.45, 2.75) is 38.7 Å². The van der Waals surface area contributed by atoms with E-state index in [0.29, 0.717) is 0 Å². The third kappa shape index (κ3) is 3.18. The van der Waals surface area contributed by atoms with E-state index in [0.717, 1.165) is 34.7 Å². The van der Waals surface area contributed by atoms with Crippen LogP contribution in [0.25, 0.3) is 10.9 Å². The number of aliphatic hydroxyl groups is 1. The lowest BCUT2D eigenvalue weighted by molar-refractivity contribution is 0.281. The lowest BCUT2D eigenvalue weighted by atomic mass is 9.89. The molecule has 0 radical (unpaired) electrons. The molecule has 112 valence electrons. The summed E-state index contributed by atoms with van der Waals surface area (Å²) in [5.74, 6) is 1.70. The van der Waals surface area contributed by atoms with Gasteiger partial charge >= 0.3 is 0 Å². The second kappa shape index (κ2) is 6.44. The topological polar surface area (TPSA) is 36.4 Å². The van der Waals surface area contributed by atoms with Crippen LogP contribution in [0, 0.1) is 5.92 Å². The lowest BCUT2D eigenvalue weighted by Crippen LogP contribution is -2.28. The molecule has 1 N–H and O–H groups in total. The Morgan fingerprint density at radius 1 is 1.19 bits per heavy atom. The highest BCUT2D eigenvalue weighted by Crippen LogP contribution is 2.28. The predicted molar refractivity (Wildman–Crippen MR) is 87.5 cm³/mol. The molecule has 1 saturated carbocycles. The number of hydrogen-bond donors (Lipinski definition) is 1. The summed E-state index contributed by atoms with van der Waals surface area (Å²) in [6.45, 7) is 1.08. The van der Waals surface area contributed by atoms with Gasteiger partial charge in [-0.2, -0.15) is 0 Å². The molecule has 0 amide bonds. The third-order valence-corrected chi connectivity index (χ3v) is 4.57. The van der Waals surface area contributed by atoms with E-state index in [9.17, 15) is 5.11 Å². The van der Waals surface area contributed by atoms with Gasteiger partial charge in [0.05, 0.1) is 12.1 Å². The largest absolute Gasteiger partial charge is 0.392 e. The van der Waals surface area contributed by atoms with Crippen molar-refractivity contribution in [3.63, 3.8) is 0 Å². The average Bonchev–Trinajstić information content (AvgIpc) is 2.54. The van der Waals surface area contributed by atoms with Crippen molar-refractivity contribution < 1.29 is 5.11 Å². The molecule has 0 bridgehead atoms. The van der Waals surface area contributed by atoms with Gasteiger partial charge in [0.25, 0.3) is 0 Å². The first kappa shape index (κ1) is 14.3. The maximum Gasteiger partial charge on any atom is 0.134 e. The van der Waals surface area contributed by atoms with Gasteiger partial charge < -0.3 is 10.0 Å². The van der Waals surface area contributed by atoms with Gasteiger partial charge in [0.15, 0.2) is 0 Å². The zero-order valence-corrected chi connectivity index (χ0v) is 12.8. The summed E-state index contributed by atoms with van der Waals surface area (Å²) in [5, 5.41) is 10.8. The van der Waals surface area contributed by atoms with Crippen molar-refractivity contribution in [1.29, 1.82) is 0 Å². The van der Waals surface area contributed by atoms with Crippen molar-refractivity contribution in [2.75, 3.05) is 18.5 Å². The molecular weight excluding hydrogens is 260 g/mol. The average molecular weight is 284 g/mol. The number of aromatic nitrogens is 1. The zero-order valence-electron chi connectivity index (χ0n) is 12.8. The molecule has 3 rings (SSSR count). The van der Waals surface area contributed by atoms with E-state index >= 15 is 0 Å². The molecule has 0 unspecified atom stereocenters. The molecule has 3 heteroatoms. The minimum absolute atomic E-state index is 0.0438. The van der Waals surface area contributed by atoms with Crippen LogP contribution in [0.1, 0.15) is 37.7 Å². The van der Waals surface area contributed by atoms with Crippen LogP contribution < -0.4 is 4.90 Å². The molecule has 3 nitrogen and oxygen atoms in total. The number of para-hydroxylation sites is 1. The monoisotopic (exact) mass is 284 g/mol. The SMILES string of the molecule is CN(CC1CCCCC1)c1nc2ccccc2cc1CO. The molecule has 1 fully saturated rings. The van der Waals surface area contributed by atoms with Crippen molar-refractivity contribution in [3.8, 4) is 0 Å². The highest BCUT2D eigenvalue weighted by atomic mass is 16.3. The van der Waals surface area contributed by atoms with Gasteiger partial charge in [0.1, 0.15) is 5.82 Å². The summed E-state index contributed by atoms with van der Waals surface area (Å²) in [6, 6.07) is 10.2. The molecule has 21 heavy (non-hydrogen) atoms. The van der Waals surface area contributed by atoms with Gasteiger partial charge in [-0.05, 0) is 30.9 Å². The standard InChI is InChI=1S/C18H24N2O/c1-20(12-14-7-3-2-4-8-14)18-16(13-21)11-15-9-5-6-10-17(15)19-18/h5-6,9-11,14,21H,2-4,7-8,12-13H2,1H3. The highest BCUT2D eigenvalue weighted by Gasteiger charge is 2.18. The van der Waals surface area contributed by atoms with Crippen LogP contribution in [0.5, 0.6) is 0 Å². The molecule has 2 aromatic rings. The van der Waals surface area contributed by atoms with Crippen molar-refractivity contribution in [1.82, 2.24) is 4.98 Å². The lowest BCUT2D eigenvalue weighted by Gasteiger charge is -2.29. The van der Waals surface area contributed by atoms with Crippen molar-refractivity contribution in [2.24, 2.45) is 5.92 Å². The quantitative estimate of drug-likeness (QED) is 0.929. The molecule has 1 aromatic carbocycles. The first-order valence-corrected chi connectivity index (χ1v) is 7.98. The van der Waals surface area contributed by atoms with E-state index in [2.05, 4.69) is 18.0 Å². The minimum Gasteiger partial charge on any atom is -0.392 e. The van der Waals surface area contributed by atoms with Gasteiger partial charge in [0, 0.05) is 24.5 Å². The fourth-order valence-electron chi connectivity index (χ4n) is 3.44. The summed E-state index contributed by atoms with van der Waals surface area (Å²) >= 11 is 0. The molecule has 1 aliphatic rings. The Hall–Kier alpha value is -1.61. The van der Waals surface area contributed by atoms with Crippen molar-refractivity contribution in [3.05, 3.63) is 35.9 Å². The molecule has 1 aromatic heterocycles. The van der Waals surface area contributed by atoms with E-state index in [1.54, 1.807) is 0 Å². The van der Waals surface area contributed by atoms with Gasteiger partial charge in [-0.1, -0.05) is 37.5 Å². The summed E-state index contributed by atoms with van der Waals surface area (Å²) in [4.78, 5) is 7.01. The number of hydrogen-bond acceptors (Lipinski definition) is 3. The van der Waals surface area contributed by atoms with Crippen LogP contribution in [-0.2, 0) is 6.61 Å². The van der Waals surface area contributed by atoms with Crippen molar-refractivity contribution >= 4 is 16.7 Å². The second-order valence-corrected chi connectivity index (χ2v) is 6.21. The smallest absolute Gasteiger partial charge is 0.134 e. The van der Waals surface area contributed by atoms with E-state index < -0.39 is 0 Å². The van der Waals surface area contributed by atoms with E-state index in [4.69, 9.17) is 4.98 Å².